The SMILES string of the molecule is O=c1c(Br)c(N2CCN(c3ncc[nH]3)CC2)cnn1-c1ccccn1. The molecule has 1 aliphatic heterocycles. The lowest BCUT2D eigenvalue weighted by molar-refractivity contribution is 0.637. The molecule has 0 unspecified atom stereocenters. The number of imidazole rings is 1. The van der Waals surface area contributed by atoms with Gasteiger partial charge >= 0.3 is 0 Å². The maximum atomic E-state index is 12.6. The molecule has 25 heavy (non-hydrogen) atoms. The molecule has 9 heteroatoms. The molecule has 4 rings (SSSR count). The average molecular weight is 402 g/mol. The summed E-state index contributed by atoms with van der Waals surface area (Å²) in [4.78, 5) is 28.6. The predicted octanol–water partition coefficient (Wildman–Crippen LogP) is 1.44. The number of hydrogen-bond acceptors (Lipinski definition) is 6. The molecule has 1 saturated heterocycles. The Balaban J connectivity index is 1.56. The van der Waals surface area contributed by atoms with Crippen molar-refractivity contribution in [3.8, 4) is 5.82 Å². The molecular weight excluding hydrogens is 386 g/mol. The number of anilines is 2. The van der Waals surface area contributed by atoms with Gasteiger partial charge in [0.15, 0.2) is 5.82 Å². The third kappa shape index (κ3) is 3.02. The van der Waals surface area contributed by atoms with Crippen molar-refractivity contribution in [1.29, 1.82) is 0 Å². The summed E-state index contributed by atoms with van der Waals surface area (Å²) in [5.74, 6) is 1.38. The van der Waals surface area contributed by atoms with E-state index in [0.29, 0.717) is 10.3 Å². The quantitative estimate of drug-likeness (QED) is 0.714. The van der Waals surface area contributed by atoms with Crippen LogP contribution < -0.4 is 15.4 Å². The van der Waals surface area contributed by atoms with Crippen LogP contribution in [0.15, 0.2) is 52.3 Å². The zero-order valence-corrected chi connectivity index (χ0v) is 14.9. The van der Waals surface area contributed by atoms with Gasteiger partial charge < -0.3 is 14.8 Å². The van der Waals surface area contributed by atoms with E-state index in [9.17, 15) is 4.79 Å². The largest absolute Gasteiger partial charge is 0.366 e. The van der Waals surface area contributed by atoms with Crippen molar-refractivity contribution in [3.63, 3.8) is 0 Å². The highest BCUT2D eigenvalue weighted by molar-refractivity contribution is 9.10. The Bertz CT molecular complexity index is 902. The number of halogens is 1. The average Bonchev–Trinajstić information content (AvgIpc) is 3.20. The van der Waals surface area contributed by atoms with E-state index in [2.05, 4.69) is 45.8 Å². The summed E-state index contributed by atoms with van der Waals surface area (Å²) in [6.07, 6.45) is 6.92. The van der Waals surface area contributed by atoms with E-state index in [1.54, 1.807) is 30.7 Å². The van der Waals surface area contributed by atoms with Crippen molar-refractivity contribution in [2.45, 2.75) is 0 Å². The molecule has 8 nitrogen and oxygen atoms in total. The number of aromatic amines is 1. The van der Waals surface area contributed by atoms with Crippen molar-refractivity contribution in [3.05, 3.63) is 57.8 Å². The van der Waals surface area contributed by atoms with E-state index in [-0.39, 0.29) is 5.56 Å². The van der Waals surface area contributed by atoms with Crippen molar-refractivity contribution in [2.75, 3.05) is 36.0 Å². The lowest BCUT2D eigenvalue weighted by Gasteiger charge is -2.36. The van der Waals surface area contributed by atoms with Gasteiger partial charge in [0, 0.05) is 44.8 Å². The lowest BCUT2D eigenvalue weighted by atomic mass is 10.3. The fourth-order valence-corrected chi connectivity index (χ4v) is 3.40. The number of aromatic nitrogens is 5. The second-order valence-corrected chi connectivity index (χ2v) is 6.43. The van der Waals surface area contributed by atoms with Crippen LogP contribution in [-0.4, -0.2) is 50.9 Å². The van der Waals surface area contributed by atoms with Crippen LogP contribution in [0.4, 0.5) is 11.6 Å². The number of hydrogen-bond donors (Lipinski definition) is 1. The number of piperazine rings is 1. The maximum Gasteiger partial charge on any atom is 0.289 e. The van der Waals surface area contributed by atoms with E-state index >= 15 is 0 Å². The summed E-state index contributed by atoms with van der Waals surface area (Å²) in [5, 5.41) is 4.29. The Morgan fingerprint density at radius 3 is 2.52 bits per heavy atom. The minimum atomic E-state index is -0.218. The van der Waals surface area contributed by atoms with Gasteiger partial charge in [-0.15, -0.1) is 0 Å². The van der Waals surface area contributed by atoms with Crippen LogP contribution in [0, 0.1) is 0 Å². The van der Waals surface area contributed by atoms with Gasteiger partial charge in [-0.2, -0.15) is 9.78 Å². The van der Waals surface area contributed by atoms with E-state index < -0.39 is 0 Å². The maximum absolute atomic E-state index is 12.6. The fourth-order valence-electron chi connectivity index (χ4n) is 2.88. The summed E-state index contributed by atoms with van der Waals surface area (Å²) < 4.78 is 1.80. The number of H-pyrrole nitrogens is 1. The monoisotopic (exact) mass is 401 g/mol. The highest BCUT2D eigenvalue weighted by Crippen LogP contribution is 2.24. The van der Waals surface area contributed by atoms with E-state index in [0.717, 1.165) is 37.8 Å². The van der Waals surface area contributed by atoms with Gasteiger partial charge in [0.25, 0.3) is 5.56 Å². The first kappa shape index (κ1) is 15.8. The van der Waals surface area contributed by atoms with Crippen LogP contribution in [0.5, 0.6) is 0 Å². The van der Waals surface area contributed by atoms with Crippen LogP contribution in [0.1, 0.15) is 0 Å². The van der Waals surface area contributed by atoms with Gasteiger partial charge in [0.2, 0.25) is 5.95 Å². The second kappa shape index (κ2) is 6.67. The van der Waals surface area contributed by atoms with Crippen molar-refractivity contribution in [1.82, 2.24) is 24.7 Å². The molecule has 0 saturated carbocycles. The van der Waals surface area contributed by atoms with Gasteiger partial charge in [-0.05, 0) is 28.1 Å². The zero-order chi connectivity index (χ0) is 17.2. The molecule has 0 aromatic carbocycles. The van der Waals surface area contributed by atoms with E-state index in [1.807, 2.05) is 12.3 Å². The Morgan fingerprint density at radius 1 is 1.04 bits per heavy atom. The summed E-state index contributed by atoms with van der Waals surface area (Å²) in [6, 6.07) is 5.38. The molecule has 1 aliphatic rings. The van der Waals surface area contributed by atoms with Gasteiger partial charge in [-0.1, -0.05) is 6.07 Å². The van der Waals surface area contributed by atoms with Gasteiger partial charge in [-0.3, -0.25) is 4.79 Å². The minimum Gasteiger partial charge on any atom is -0.366 e. The minimum absolute atomic E-state index is 0.218. The number of nitrogens with zero attached hydrogens (tertiary/aromatic N) is 6. The molecule has 128 valence electrons. The molecule has 0 amide bonds. The molecule has 0 bridgehead atoms. The number of pyridine rings is 1. The number of rotatable bonds is 3. The van der Waals surface area contributed by atoms with Crippen LogP contribution in [0.25, 0.3) is 5.82 Å². The van der Waals surface area contributed by atoms with Crippen molar-refractivity contribution < 1.29 is 0 Å². The molecule has 1 N–H and O–H groups in total. The highest BCUT2D eigenvalue weighted by Gasteiger charge is 2.22. The smallest absolute Gasteiger partial charge is 0.289 e. The van der Waals surface area contributed by atoms with E-state index in [1.165, 1.54) is 4.68 Å². The van der Waals surface area contributed by atoms with Crippen LogP contribution in [0.2, 0.25) is 0 Å². The molecular formula is C16H16BrN7O. The molecule has 4 heterocycles. The van der Waals surface area contributed by atoms with Gasteiger partial charge in [0.05, 0.1) is 11.9 Å². The summed E-state index contributed by atoms with van der Waals surface area (Å²) >= 11 is 3.44. The van der Waals surface area contributed by atoms with Crippen LogP contribution >= 0.6 is 15.9 Å². The zero-order valence-electron chi connectivity index (χ0n) is 13.3. The second-order valence-electron chi connectivity index (χ2n) is 5.64. The Morgan fingerprint density at radius 2 is 1.84 bits per heavy atom. The molecule has 3 aromatic rings. The Kier molecular flexibility index (Phi) is 4.22. The first-order valence-corrected chi connectivity index (χ1v) is 8.72. The first-order chi connectivity index (χ1) is 12.2. The third-order valence-electron chi connectivity index (χ3n) is 4.17. The summed E-state index contributed by atoms with van der Waals surface area (Å²) in [5.41, 5.74) is 0.584. The molecule has 1 fully saturated rings. The normalized spacial score (nSPS) is 14.8. The fraction of sp³-hybridized carbons (Fsp3) is 0.250. The molecule has 0 aliphatic carbocycles. The lowest BCUT2D eigenvalue weighted by Crippen LogP contribution is -2.47. The Hall–Kier alpha value is -2.68. The molecule has 3 aromatic heterocycles. The van der Waals surface area contributed by atoms with Crippen LogP contribution in [-0.2, 0) is 0 Å². The predicted molar refractivity (Wildman–Crippen MR) is 98.3 cm³/mol. The third-order valence-corrected chi connectivity index (χ3v) is 4.92. The summed E-state index contributed by atoms with van der Waals surface area (Å²) in [7, 11) is 0. The van der Waals surface area contributed by atoms with Crippen molar-refractivity contribution >= 4 is 27.6 Å². The van der Waals surface area contributed by atoms with Crippen LogP contribution in [0.3, 0.4) is 0 Å². The van der Waals surface area contributed by atoms with Gasteiger partial charge in [-0.25, -0.2) is 9.97 Å². The topological polar surface area (TPSA) is 82.9 Å². The molecule has 0 atom stereocenters. The van der Waals surface area contributed by atoms with Gasteiger partial charge in [0.1, 0.15) is 4.47 Å². The highest BCUT2D eigenvalue weighted by atomic mass is 79.9. The molecule has 0 spiro atoms. The molecule has 0 radical (unpaired) electrons. The van der Waals surface area contributed by atoms with E-state index in [4.69, 9.17) is 0 Å². The first-order valence-electron chi connectivity index (χ1n) is 7.92. The standard InChI is InChI=1S/C16H16BrN7O/c17-14-12(11-21-24(15(14)25)13-3-1-2-4-18-13)22-7-9-23(10-8-22)16-19-5-6-20-16/h1-6,11H,7-10H2,(H,19,20). The summed E-state index contributed by atoms with van der Waals surface area (Å²) in [6.45, 7) is 3.22. The number of nitrogens with one attached hydrogen (secondary N) is 1. The van der Waals surface area contributed by atoms with Crippen molar-refractivity contribution in [2.24, 2.45) is 0 Å². The Labute approximate surface area is 152 Å².